The Kier molecular flexibility index (Phi) is 4.97. The fourth-order valence-electron chi connectivity index (χ4n) is 2.97. The summed E-state index contributed by atoms with van der Waals surface area (Å²) >= 11 is 0. The van der Waals surface area contributed by atoms with Gasteiger partial charge in [-0.05, 0) is 25.1 Å². The number of methoxy groups -OCH3 is 2. The van der Waals surface area contributed by atoms with Crippen LogP contribution in [0.1, 0.15) is 5.56 Å². The van der Waals surface area contributed by atoms with E-state index in [0.717, 1.165) is 11.8 Å². The van der Waals surface area contributed by atoms with Crippen molar-refractivity contribution in [2.75, 3.05) is 24.9 Å². The Morgan fingerprint density at radius 3 is 2.50 bits per heavy atom. The van der Waals surface area contributed by atoms with Gasteiger partial charge in [-0.3, -0.25) is 4.98 Å². The van der Waals surface area contributed by atoms with Gasteiger partial charge >= 0.3 is 5.76 Å². The van der Waals surface area contributed by atoms with E-state index in [1.54, 1.807) is 44.6 Å². The maximum atomic E-state index is 14.3. The first-order chi connectivity index (χ1) is 14.5. The van der Waals surface area contributed by atoms with Crippen molar-refractivity contribution in [3.63, 3.8) is 0 Å². The van der Waals surface area contributed by atoms with Crippen molar-refractivity contribution in [1.29, 1.82) is 0 Å². The van der Waals surface area contributed by atoms with Gasteiger partial charge in [-0.25, -0.2) is 14.2 Å². The molecule has 2 heterocycles. The van der Waals surface area contributed by atoms with E-state index < -0.39 is 11.6 Å². The second-order valence-electron chi connectivity index (χ2n) is 6.37. The van der Waals surface area contributed by atoms with Crippen molar-refractivity contribution in [3.8, 4) is 11.5 Å². The number of hydrogen-bond acceptors (Lipinski definition) is 8. The zero-order chi connectivity index (χ0) is 21.3. The molecule has 9 nitrogen and oxygen atoms in total. The first-order valence-corrected chi connectivity index (χ1v) is 8.89. The quantitative estimate of drug-likeness (QED) is 0.438. The molecule has 0 aliphatic heterocycles. The predicted molar refractivity (Wildman–Crippen MR) is 110 cm³/mol. The number of aromatic nitrogens is 3. The average Bonchev–Trinajstić information content (AvgIpc) is 3.11. The van der Waals surface area contributed by atoms with E-state index in [1.807, 2.05) is 6.92 Å². The van der Waals surface area contributed by atoms with E-state index in [1.165, 1.54) is 0 Å². The van der Waals surface area contributed by atoms with Crippen LogP contribution in [0.5, 0.6) is 11.5 Å². The van der Waals surface area contributed by atoms with Crippen LogP contribution in [0, 0.1) is 12.7 Å². The summed E-state index contributed by atoms with van der Waals surface area (Å²) in [4.78, 5) is 22.0. The highest BCUT2D eigenvalue weighted by Crippen LogP contribution is 2.33. The molecule has 0 radical (unpaired) electrons. The number of nitrogens with one attached hydrogen (secondary N) is 3. The van der Waals surface area contributed by atoms with Gasteiger partial charge in [0, 0.05) is 29.1 Å². The molecule has 4 aromatic rings. The van der Waals surface area contributed by atoms with Crippen molar-refractivity contribution in [1.82, 2.24) is 15.0 Å². The summed E-state index contributed by atoms with van der Waals surface area (Å²) in [5.74, 6) is 0.180. The Balaban J connectivity index is 1.62. The standard InChI is InChI=1S/C20H18FN5O4/c1-10-16(28-2)7-12(8-17(10)29-3)24-19-22-9-13(21)18(26-19)23-11-4-5-15-14(6-11)25-20(27)30-15/h4-9H,1-3H3,(H,25,27)(H2,22,23,24,26). The van der Waals surface area contributed by atoms with Crippen LogP contribution in [0.15, 0.2) is 45.7 Å². The van der Waals surface area contributed by atoms with Crippen LogP contribution in [-0.4, -0.2) is 29.2 Å². The van der Waals surface area contributed by atoms with Crippen LogP contribution in [-0.2, 0) is 0 Å². The molecule has 30 heavy (non-hydrogen) atoms. The number of oxazole rings is 1. The molecule has 2 aromatic heterocycles. The number of fused-ring (bicyclic) bond motifs is 1. The Morgan fingerprint density at radius 1 is 1.07 bits per heavy atom. The monoisotopic (exact) mass is 411 g/mol. The van der Waals surface area contributed by atoms with Gasteiger partial charge in [0.15, 0.2) is 17.2 Å². The first kappa shape index (κ1) is 19.2. The number of benzene rings is 2. The molecule has 0 unspecified atom stereocenters. The second-order valence-corrected chi connectivity index (χ2v) is 6.37. The SMILES string of the molecule is COc1cc(Nc2ncc(F)c(Nc3ccc4oc(=O)[nH]c4c3)n2)cc(OC)c1C. The van der Waals surface area contributed by atoms with Crippen molar-refractivity contribution >= 4 is 34.2 Å². The van der Waals surface area contributed by atoms with Crippen LogP contribution in [0.25, 0.3) is 11.1 Å². The van der Waals surface area contributed by atoms with Crippen molar-refractivity contribution in [2.45, 2.75) is 6.92 Å². The van der Waals surface area contributed by atoms with Gasteiger partial charge < -0.3 is 24.5 Å². The van der Waals surface area contributed by atoms with E-state index in [4.69, 9.17) is 13.9 Å². The fourth-order valence-corrected chi connectivity index (χ4v) is 2.97. The number of anilines is 4. The third-order valence-electron chi connectivity index (χ3n) is 4.43. The van der Waals surface area contributed by atoms with Crippen molar-refractivity contribution in [2.24, 2.45) is 0 Å². The summed E-state index contributed by atoms with van der Waals surface area (Å²) in [6, 6.07) is 8.38. The minimum atomic E-state index is -0.639. The molecule has 154 valence electrons. The van der Waals surface area contributed by atoms with Gasteiger partial charge in [-0.15, -0.1) is 0 Å². The zero-order valence-electron chi connectivity index (χ0n) is 16.4. The van der Waals surface area contributed by atoms with Gasteiger partial charge in [0.05, 0.1) is 25.9 Å². The molecule has 0 saturated carbocycles. The smallest absolute Gasteiger partial charge is 0.417 e. The number of aromatic amines is 1. The molecule has 0 fully saturated rings. The Bertz CT molecular complexity index is 1260. The Morgan fingerprint density at radius 2 is 1.80 bits per heavy atom. The largest absolute Gasteiger partial charge is 0.496 e. The summed E-state index contributed by atoms with van der Waals surface area (Å²) < 4.78 is 29.9. The lowest BCUT2D eigenvalue weighted by Crippen LogP contribution is -2.04. The van der Waals surface area contributed by atoms with Crippen LogP contribution < -0.4 is 25.9 Å². The van der Waals surface area contributed by atoms with Gasteiger partial charge in [0.1, 0.15) is 11.5 Å². The molecular weight excluding hydrogens is 393 g/mol. The molecule has 0 bridgehead atoms. The van der Waals surface area contributed by atoms with Gasteiger partial charge in [-0.1, -0.05) is 0 Å². The molecule has 0 amide bonds. The molecule has 0 saturated heterocycles. The number of ether oxygens (including phenoxy) is 2. The highest BCUT2D eigenvalue weighted by atomic mass is 19.1. The third kappa shape index (κ3) is 3.75. The average molecular weight is 411 g/mol. The summed E-state index contributed by atoms with van der Waals surface area (Å²) in [6.07, 6.45) is 1.05. The molecule has 4 rings (SSSR count). The lowest BCUT2D eigenvalue weighted by Gasteiger charge is -2.14. The summed E-state index contributed by atoms with van der Waals surface area (Å²) in [5.41, 5.74) is 2.86. The highest BCUT2D eigenvalue weighted by molar-refractivity contribution is 5.78. The maximum Gasteiger partial charge on any atom is 0.417 e. The first-order valence-electron chi connectivity index (χ1n) is 8.89. The van der Waals surface area contributed by atoms with E-state index >= 15 is 0 Å². The molecule has 2 aromatic carbocycles. The van der Waals surface area contributed by atoms with Crippen molar-refractivity contribution in [3.05, 3.63) is 58.5 Å². The summed E-state index contributed by atoms with van der Waals surface area (Å²) in [5, 5.41) is 5.89. The van der Waals surface area contributed by atoms with Gasteiger partial charge in [0.25, 0.3) is 0 Å². The van der Waals surface area contributed by atoms with E-state index in [9.17, 15) is 9.18 Å². The van der Waals surface area contributed by atoms with E-state index in [-0.39, 0.29) is 11.8 Å². The Hall–Kier alpha value is -4.08. The fraction of sp³-hybridized carbons (Fsp3) is 0.150. The Labute approximate surface area is 169 Å². The van der Waals surface area contributed by atoms with Crippen LogP contribution in [0.3, 0.4) is 0 Å². The van der Waals surface area contributed by atoms with Gasteiger partial charge in [0.2, 0.25) is 5.95 Å². The third-order valence-corrected chi connectivity index (χ3v) is 4.43. The predicted octanol–water partition coefficient (Wildman–Crippen LogP) is 3.86. The molecule has 0 aliphatic carbocycles. The minimum Gasteiger partial charge on any atom is -0.496 e. The van der Waals surface area contributed by atoms with E-state index in [0.29, 0.717) is 34.0 Å². The lowest BCUT2D eigenvalue weighted by atomic mass is 10.2. The number of rotatable bonds is 6. The maximum absolute atomic E-state index is 14.3. The normalized spacial score (nSPS) is 10.8. The second kappa shape index (κ2) is 7.74. The molecular formula is C20H18FN5O4. The summed E-state index contributed by atoms with van der Waals surface area (Å²) in [6.45, 7) is 1.88. The van der Waals surface area contributed by atoms with Crippen LogP contribution in [0.2, 0.25) is 0 Å². The van der Waals surface area contributed by atoms with E-state index in [2.05, 4.69) is 25.6 Å². The number of nitrogens with zero attached hydrogens (tertiary/aromatic N) is 2. The topological polar surface area (TPSA) is 114 Å². The molecule has 0 atom stereocenters. The number of hydrogen-bond donors (Lipinski definition) is 3. The van der Waals surface area contributed by atoms with Crippen molar-refractivity contribution < 1.29 is 18.3 Å². The molecule has 10 heteroatoms. The van der Waals surface area contributed by atoms with Gasteiger partial charge in [-0.2, -0.15) is 4.98 Å². The molecule has 3 N–H and O–H groups in total. The van der Waals surface area contributed by atoms with Crippen LogP contribution >= 0.6 is 0 Å². The lowest BCUT2D eigenvalue weighted by molar-refractivity contribution is 0.389. The minimum absolute atomic E-state index is 0.0382. The number of halogens is 1. The number of H-pyrrole nitrogens is 1. The molecule has 0 spiro atoms. The highest BCUT2D eigenvalue weighted by Gasteiger charge is 2.12. The zero-order valence-corrected chi connectivity index (χ0v) is 16.4. The molecule has 0 aliphatic rings. The van der Waals surface area contributed by atoms with Crippen LogP contribution in [0.4, 0.5) is 27.5 Å². The summed E-state index contributed by atoms with van der Waals surface area (Å²) in [7, 11) is 3.12.